The van der Waals surface area contributed by atoms with Gasteiger partial charge in [0.2, 0.25) is 11.8 Å². The lowest BCUT2D eigenvalue weighted by molar-refractivity contribution is -0.140. The number of carbonyl (C=O) groups is 3. The lowest BCUT2D eigenvalue weighted by Crippen LogP contribution is -2.41. The topological polar surface area (TPSA) is 95.5 Å². The molecule has 0 spiro atoms. The van der Waals surface area contributed by atoms with E-state index in [1.54, 1.807) is 6.07 Å². The first-order valence-corrected chi connectivity index (χ1v) is 7.17. The average Bonchev–Trinajstić information content (AvgIpc) is 2.36. The highest BCUT2D eigenvalue weighted by atomic mass is 32.2. The second-order valence-corrected chi connectivity index (χ2v) is 5.20. The van der Waals surface area contributed by atoms with Crippen LogP contribution in [0.5, 0.6) is 0 Å². The number of thioether (sulfide) groups is 1. The van der Waals surface area contributed by atoms with Crippen LogP contribution < -0.4 is 10.6 Å². The van der Waals surface area contributed by atoms with Crippen molar-refractivity contribution >= 4 is 35.2 Å². The van der Waals surface area contributed by atoms with Gasteiger partial charge >= 0.3 is 5.97 Å². The Morgan fingerprint density at radius 2 is 2.10 bits per heavy atom. The monoisotopic (exact) mass is 314 g/mol. The van der Waals surface area contributed by atoms with Gasteiger partial charge in [-0.15, -0.1) is 11.8 Å². The van der Waals surface area contributed by atoms with Crippen LogP contribution in [0.25, 0.3) is 0 Å². The Balaban J connectivity index is 2.38. The molecule has 0 aliphatic rings. The number of aliphatic carboxylic acids is 1. The van der Waals surface area contributed by atoms with E-state index in [9.17, 15) is 18.8 Å². The van der Waals surface area contributed by atoms with Crippen LogP contribution in [0.1, 0.15) is 6.92 Å². The quantitative estimate of drug-likeness (QED) is 0.700. The molecule has 1 aromatic carbocycles. The van der Waals surface area contributed by atoms with Gasteiger partial charge in [0.1, 0.15) is 11.9 Å². The molecule has 0 saturated carbocycles. The van der Waals surface area contributed by atoms with E-state index in [0.717, 1.165) is 11.8 Å². The second kappa shape index (κ2) is 8.25. The van der Waals surface area contributed by atoms with Crippen LogP contribution in [-0.2, 0) is 14.4 Å². The van der Waals surface area contributed by atoms with Crippen LogP contribution in [0.4, 0.5) is 10.1 Å². The van der Waals surface area contributed by atoms with E-state index in [2.05, 4.69) is 10.6 Å². The minimum Gasteiger partial charge on any atom is -0.480 e. The summed E-state index contributed by atoms with van der Waals surface area (Å²) in [6.45, 7) is 1.22. The van der Waals surface area contributed by atoms with Gasteiger partial charge in [-0.05, 0) is 18.2 Å². The van der Waals surface area contributed by atoms with Crippen molar-refractivity contribution in [2.45, 2.75) is 13.0 Å². The molecule has 0 fully saturated rings. The predicted octanol–water partition coefficient (Wildman–Crippen LogP) is 1.09. The number of carboxylic acid groups (broad SMARTS) is 1. The number of rotatable bonds is 7. The molecular formula is C13H15FN2O4S. The van der Waals surface area contributed by atoms with Gasteiger partial charge < -0.3 is 15.7 Å². The van der Waals surface area contributed by atoms with Gasteiger partial charge in [0.15, 0.2) is 0 Å². The van der Waals surface area contributed by atoms with Crippen molar-refractivity contribution in [1.29, 1.82) is 0 Å². The summed E-state index contributed by atoms with van der Waals surface area (Å²) in [5.74, 6) is -2.39. The Morgan fingerprint density at radius 1 is 1.38 bits per heavy atom. The Kier molecular flexibility index (Phi) is 6.67. The number of hydrogen-bond acceptors (Lipinski definition) is 4. The smallest absolute Gasteiger partial charge is 0.327 e. The zero-order valence-electron chi connectivity index (χ0n) is 11.3. The summed E-state index contributed by atoms with van der Waals surface area (Å²) in [5.41, 5.74) is 0.331. The molecule has 0 aliphatic heterocycles. The minimum atomic E-state index is -1.16. The van der Waals surface area contributed by atoms with Gasteiger partial charge in [-0.2, -0.15) is 0 Å². The molecule has 0 aromatic heterocycles. The third-order valence-electron chi connectivity index (χ3n) is 2.30. The first kappa shape index (κ1) is 17.0. The average molecular weight is 314 g/mol. The van der Waals surface area contributed by atoms with E-state index >= 15 is 0 Å². The molecular weight excluding hydrogens is 299 g/mol. The van der Waals surface area contributed by atoms with Gasteiger partial charge in [-0.25, -0.2) is 9.18 Å². The van der Waals surface area contributed by atoms with Gasteiger partial charge in [0.05, 0.1) is 5.75 Å². The molecule has 0 bridgehead atoms. The summed E-state index contributed by atoms with van der Waals surface area (Å²) >= 11 is 1.06. The first-order valence-electron chi connectivity index (χ1n) is 6.01. The van der Waals surface area contributed by atoms with Crippen LogP contribution in [0.2, 0.25) is 0 Å². The van der Waals surface area contributed by atoms with E-state index in [4.69, 9.17) is 5.11 Å². The Morgan fingerprint density at radius 3 is 2.67 bits per heavy atom. The predicted molar refractivity (Wildman–Crippen MR) is 77.6 cm³/mol. The summed E-state index contributed by atoms with van der Waals surface area (Å²) < 4.78 is 12.9. The van der Waals surface area contributed by atoms with E-state index in [-0.39, 0.29) is 17.4 Å². The van der Waals surface area contributed by atoms with Gasteiger partial charge in [-0.1, -0.05) is 6.07 Å². The molecule has 8 heteroatoms. The van der Waals surface area contributed by atoms with E-state index in [1.807, 2.05) is 0 Å². The molecule has 0 saturated heterocycles. The lowest BCUT2D eigenvalue weighted by atomic mass is 10.3. The lowest BCUT2D eigenvalue weighted by Gasteiger charge is -2.12. The molecule has 0 heterocycles. The number of halogens is 1. The second-order valence-electron chi connectivity index (χ2n) is 4.16. The fraction of sp³-hybridized carbons (Fsp3) is 0.308. The van der Waals surface area contributed by atoms with Crippen molar-refractivity contribution in [3.05, 3.63) is 30.1 Å². The molecule has 3 N–H and O–H groups in total. The van der Waals surface area contributed by atoms with Crippen molar-refractivity contribution in [2.75, 3.05) is 16.8 Å². The summed E-state index contributed by atoms with van der Waals surface area (Å²) in [6.07, 6.45) is 0. The highest BCUT2D eigenvalue weighted by Gasteiger charge is 2.18. The van der Waals surface area contributed by atoms with Crippen LogP contribution >= 0.6 is 11.8 Å². The Labute approximate surface area is 125 Å². The number of hydrogen-bond donors (Lipinski definition) is 3. The summed E-state index contributed by atoms with van der Waals surface area (Å²) in [5, 5.41) is 13.6. The maximum atomic E-state index is 12.9. The van der Waals surface area contributed by atoms with Crippen LogP contribution in [0, 0.1) is 5.82 Å². The third kappa shape index (κ3) is 6.75. The van der Waals surface area contributed by atoms with E-state index in [0.29, 0.717) is 5.69 Å². The summed E-state index contributed by atoms with van der Waals surface area (Å²) in [4.78, 5) is 33.3. The molecule has 2 amide bonds. The third-order valence-corrected chi connectivity index (χ3v) is 3.34. The number of carbonyl (C=O) groups excluding carboxylic acids is 2. The van der Waals surface area contributed by atoms with E-state index < -0.39 is 23.7 Å². The fourth-order valence-corrected chi connectivity index (χ4v) is 2.29. The van der Waals surface area contributed by atoms with Crippen LogP contribution in [0.3, 0.4) is 0 Å². The molecule has 114 valence electrons. The zero-order valence-corrected chi connectivity index (χ0v) is 12.1. The highest BCUT2D eigenvalue weighted by molar-refractivity contribution is 8.00. The van der Waals surface area contributed by atoms with Crippen molar-refractivity contribution in [1.82, 2.24) is 5.32 Å². The number of carboxylic acids is 1. The molecule has 6 nitrogen and oxygen atoms in total. The Bertz CT molecular complexity index is 539. The standard InChI is InChI=1S/C13H15FN2O4S/c1-8(17)15-11(13(19)20)6-21-7-12(18)16-10-4-2-3-9(14)5-10/h2-5,11H,6-7H2,1H3,(H,15,17)(H,16,18)(H,19,20)/t11-/m0/s1. The van der Waals surface area contributed by atoms with Crippen LogP contribution in [0.15, 0.2) is 24.3 Å². The van der Waals surface area contributed by atoms with E-state index in [1.165, 1.54) is 25.1 Å². The maximum Gasteiger partial charge on any atom is 0.327 e. The van der Waals surface area contributed by atoms with Gasteiger partial charge in [0.25, 0.3) is 0 Å². The SMILES string of the molecule is CC(=O)N[C@@H](CSCC(=O)Nc1cccc(F)c1)C(=O)O. The molecule has 1 rings (SSSR count). The zero-order chi connectivity index (χ0) is 15.8. The van der Waals surface area contributed by atoms with Crippen molar-refractivity contribution in [2.24, 2.45) is 0 Å². The molecule has 0 unspecified atom stereocenters. The Hall–Kier alpha value is -2.09. The van der Waals surface area contributed by atoms with Crippen molar-refractivity contribution in [3.8, 4) is 0 Å². The minimum absolute atomic E-state index is 0.000121. The number of nitrogens with one attached hydrogen (secondary N) is 2. The molecule has 1 atom stereocenters. The van der Waals surface area contributed by atoms with Gasteiger partial charge in [0, 0.05) is 18.4 Å². The summed E-state index contributed by atoms with van der Waals surface area (Å²) in [7, 11) is 0. The first-order chi connectivity index (χ1) is 9.88. The maximum absolute atomic E-state index is 12.9. The number of anilines is 1. The molecule has 0 aliphatic carbocycles. The van der Waals surface area contributed by atoms with Crippen molar-refractivity contribution < 1.29 is 23.9 Å². The van der Waals surface area contributed by atoms with Gasteiger partial charge in [-0.3, -0.25) is 9.59 Å². The van der Waals surface area contributed by atoms with Crippen molar-refractivity contribution in [3.63, 3.8) is 0 Å². The summed E-state index contributed by atoms with van der Waals surface area (Å²) in [6, 6.07) is 4.41. The van der Waals surface area contributed by atoms with Crippen LogP contribution in [-0.4, -0.2) is 40.4 Å². The molecule has 1 aromatic rings. The molecule has 21 heavy (non-hydrogen) atoms. The largest absolute Gasteiger partial charge is 0.480 e. The normalized spacial score (nSPS) is 11.5. The number of amides is 2. The molecule has 0 radical (unpaired) electrons. The highest BCUT2D eigenvalue weighted by Crippen LogP contribution is 2.10. The number of benzene rings is 1. The fourth-order valence-electron chi connectivity index (χ4n) is 1.45.